The van der Waals surface area contributed by atoms with Crippen molar-refractivity contribution in [2.45, 2.75) is 179 Å². The van der Waals surface area contributed by atoms with Crippen LogP contribution in [-0.4, -0.2) is 24.0 Å². The number of ether oxygens (including phenoxy) is 2. The highest BCUT2D eigenvalue weighted by molar-refractivity contribution is 8.76. The Morgan fingerprint density at radius 2 is 0.833 bits per heavy atom. The minimum absolute atomic E-state index is 0.0334. The van der Waals surface area contributed by atoms with E-state index in [4.69, 9.17) is 9.47 Å². The van der Waals surface area contributed by atoms with E-state index >= 15 is 0 Å². The Morgan fingerprint density at radius 1 is 0.500 bits per heavy atom. The zero-order valence-corrected chi connectivity index (χ0v) is 40.6. The van der Waals surface area contributed by atoms with Crippen LogP contribution in [0, 0.1) is 0 Å². The number of nitrogens with one attached hydrogen (secondary N) is 2. The first-order chi connectivity index (χ1) is 28.3. The molecule has 326 valence electrons. The maximum absolute atomic E-state index is 13.9. The molecular formula is C52H72N2O4S2. The number of hydrogen-bond donors (Lipinski definition) is 2. The average molecular weight is 853 g/mol. The standard InChI is InChI=1S/C52H72N2O4S2/c1-15-41(57-43-31-29-35(49(7,8)17-3)33-37(43)51(11,12)19-5)47(55)53-39-25-21-23-27-45(39)59-60-46-28-24-22-26-40(46)54-48(56)42(16-2)58-44-32-30-36(50(9,10)18-4)34-38(44)52(13,14)20-6/h21-34,41-42H,15-20H2,1-14H3,(H,53,55)(H,54,56). The molecule has 0 bridgehead atoms. The maximum atomic E-state index is 13.9. The van der Waals surface area contributed by atoms with Crippen molar-refractivity contribution in [1.29, 1.82) is 0 Å². The van der Waals surface area contributed by atoms with Crippen LogP contribution in [-0.2, 0) is 31.2 Å². The largest absolute Gasteiger partial charge is 0.480 e. The molecule has 0 aliphatic rings. The molecule has 4 aromatic carbocycles. The van der Waals surface area contributed by atoms with Crippen LogP contribution in [0.25, 0.3) is 0 Å². The summed E-state index contributed by atoms with van der Waals surface area (Å²) in [7, 11) is 3.06. The molecule has 2 N–H and O–H groups in total. The molecule has 2 unspecified atom stereocenters. The third-order valence-electron chi connectivity index (χ3n) is 12.9. The lowest BCUT2D eigenvalue weighted by molar-refractivity contribution is -0.123. The number of amides is 2. The van der Waals surface area contributed by atoms with Gasteiger partial charge in [0.2, 0.25) is 0 Å². The smallest absolute Gasteiger partial charge is 0.265 e. The second-order valence-electron chi connectivity index (χ2n) is 18.5. The molecule has 0 radical (unpaired) electrons. The van der Waals surface area contributed by atoms with E-state index < -0.39 is 12.2 Å². The topological polar surface area (TPSA) is 76.7 Å². The van der Waals surface area contributed by atoms with Crippen LogP contribution in [0.1, 0.15) is 158 Å². The van der Waals surface area contributed by atoms with Gasteiger partial charge < -0.3 is 20.1 Å². The van der Waals surface area contributed by atoms with E-state index in [2.05, 4.69) is 130 Å². The Hall–Kier alpha value is -3.88. The summed E-state index contributed by atoms with van der Waals surface area (Å²) in [5.41, 5.74) is 6.02. The lowest BCUT2D eigenvalue weighted by Crippen LogP contribution is -2.33. The van der Waals surface area contributed by atoms with E-state index in [1.165, 1.54) is 32.7 Å². The van der Waals surface area contributed by atoms with Crippen molar-refractivity contribution in [3.05, 3.63) is 107 Å². The van der Waals surface area contributed by atoms with E-state index in [1.807, 2.05) is 62.4 Å². The molecule has 60 heavy (non-hydrogen) atoms. The zero-order chi connectivity index (χ0) is 44.5. The molecule has 0 spiro atoms. The molecule has 0 aliphatic heterocycles. The van der Waals surface area contributed by atoms with Crippen LogP contribution in [0.2, 0.25) is 0 Å². The first-order valence-corrected chi connectivity index (χ1v) is 24.2. The molecule has 0 saturated heterocycles. The van der Waals surface area contributed by atoms with Gasteiger partial charge in [0.25, 0.3) is 11.8 Å². The van der Waals surface area contributed by atoms with Crippen molar-refractivity contribution in [1.82, 2.24) is 0 Å². The van der Waals surface area contributed by atoms with Gasteiger partial charge in [-0.1, -0.05) is 167 Å². The van der Waals surface area contributed by atoms with Gasteiger partial charge in [-0.3, -0.25) is 9.59 Å². The molecule has 6 nitrogen and oxygen atoms in total. The summed E-state index contributed by atoms with van der Waals surface area (Å²) < 4.78 is 13.2. The Labute approximate surface area is 370 Å². The third kappa shape index (κ3) is 11.9. The molecule has 4 aromatic rings. The second kappa shape index (κ2) is 20.8. The molecule has 8 heteroatoms. The van der Waals surface area contributed by atoms with Gasteiger partial charge in [0.05, 0.1) is 11.4 Å². The molecule has 0 heterocycles. The summed E-state index contributed by atoms with van der Waals surface area (Å²) in [6.07, 6.45) is 3.60. The Kier molecular flexibility index (Phi) is 16.9. The number of anilines is 2. The van der Waals surface area contributed by atoms with E-state index in [1.54, 1.807) is 0 Å². The van der Waals surface area contributed by atoms with Crippen molar-refractivity contribution in [2.75, 3.05) is 10.6 Å². The molecular weight excluding hydrogens is 781 g/mol. The van der Waals surface area contributed by atoms with E-state index in [9.17, 15) is 9.59 Å². The predicted molar refractivity (Wildman–Crippen MR) is 257 cm³/mol. The molecule has 0 fully saturated rings. The van der Waals surface area contributed by atoms with Gasteiger partial charge in [0.1, 0.15) is 11.5 Å². The van der Waals surface area contributed by atoms with Crippen molar-refractivity contribution in [2.24, 2.45) is 0 Å². The summed E-state index contributed by atoms with van der Waals surface area (Å²) in [6, 6.07) is 28.6. The van der Waals surface area contributed by atoms with Crippen LogP contribution >= 0.6 is 21.6 Å². The molecule has 0 aliphatic carbocycles. The molecule has 0 aromatic heterocycles. The van der Waals surface area contributed by atoms with Gasteiger partial charge in [0, 0.05) is 20.9 Å². The minimum atomic E-state index is -0.679. The van der Waals surface area contributed by atoms with Crippen LogP contribution < -0.4 is 20.1 Å². The van der Waals surface area contributed by atoms with Gasteiger partial charge in [-0.05, 0) is 108 Å². The molecule has 2 amide bonds. The van der Waals surface area contributed by atoms with Crippen molar-refractivity contribution >= 4 is 44.8 Å². The van der Waals surface area contributed by atoms with Crippen LogP contribution in [0.4, 0.5) is 11.4 Å². The second-order valence-corrected chi connectivity index (χ2v) is 20.8. The predicted octanol–water partition coefficient (Wildman–Crippen LogP) is 14.8. The summed E-state index contributed by atoms with van der Waals surface area (Å²) in [6.45, 7) is 30.8. The van der Waals surface area contributed by atoms with Gasteiger partial charge in [-0.2, -0.15) is 0 Å². The van der Waals surface area contributed by atoms with Crippen molar-refractivity contribution in [3.8, 4) is 11.5 Å². The normalized spacial score (nSPS) is 13.4. The third-order valence-corrected chi connectivity index (χ3v) is 15.4. The molecule has 0 saturated carbocycles. The number of benzene rings is 4. The van der Waals surface area contributed by atoms with Crippen LogP contribution in [0.3, 0.4) is 0 Å². The lowest BCUT2D eigenvalue weighted by atomic mass is 9.76. The van der Waals surface area contributed by atoms with Crippen molar-refractivity contribution in [3.63, 3.8) is 0 Å². The van der Waals surface area contributed by atoms with Crippen molar-refractivity contribution < 1.29 is 19.1 Å². The van der Waals surface area contributed by atoms with Gasteiger partial charge >= 0.3 is 0 Å². The minimum Gasteiger partial charge on any atom is -0.480 e. The Bertz CT molecular complexity index is 1920. The molecule has 2 atom stereocenters. The summed E-state index contributed by atoms with van der Waals surface area (Å²) in [5.74, 6) is 1.12. The number of carbonyl (C=O) groups excluding carboxylic acids is 2. The zero-order valence-electron chi connectivity index (χ0n) is 38.9. The Morgan fingerprint density at radius 3 is 1.15 bits per heavy atom. The maximum Gasteiger partial charge on any atom is 0.265 e. The van der Waals surface area contributed by atoms with Gasteiger partial charge in [-0.15, -0.1) is 0 Å². The van der Waals surface area contributed by atoms with E-state index in [-0.39, 0.29) is 33.5 Å². The highest BCUT2D eigenvalue weighted by Crippen LogP contribution is 2.45. The van der Waals surface area contributed by atoms with E-state index in [0.29, 0.717) is 24.2 Å². The quantitative estimate of drug-likeness (QED) is 0.0813. The van der Waals surface area contributed by atoms with Crippen LogP contribution in [0.15, 0.2) is 94.7 Å². The number of hydrogen-bond acceptors (Lipinski definition) is 6. The average Bonchev–Trinajstić information content (AvgIpc) is 3.24. The summed E-state index contributed by atoms with van der Waals surface area (Å²) in [5, 5.41) is 6.35. The van der Waals surface area contributed by atoms with E-state index in [0.717, 1.165) is 58.1 Å². The lowest BCUT2D eigenvalue weighted by Gasteiger charge is -2.31. The number of para-hydroxylation sites is 2. The summed E-state index contributed by atoms with van der Waals surface area (Å²) in [4.78, 5) is 29.6. The van der Waals surface area contributed by atoms with Gasteiger partial charge in [0.15, 0.2) is 12.2 Å². The first-order valence-electron chi connectivity index (χ1n) is 22.0. The SMILES string of the molecule is CCC(Oc1ccc(C(C)(C)CC)cc1C(C)(C)CC)C(=O)Nc1ccccc1SSc1ccccc1NC(=O)C(CC)Oc1ccc(C(C)(C)CC)cc1C(C)(C)CC. The fourth-order valence-corrected chi connectivity index (χ4v) is 8.98. The monoisotopic (exact) mass is 852 g/mol. The Balaban J connectivity index is 1.51. The van der Waals surface area contributed by atoms with Crippen LogP contribution in [0.5, 0.6) is 11.5 Å². The number of rotatable bonds is 21. The summed E-state index contributed by atoms with van der Waals surface area (Å²) >= 11 is 0. The highest BCUT2D eigenvalue weighted by Gasteiger charge is 2.31. The first kappa shape index (κ1) is 48.8. The van der Waals surface area contributed by atoms with Gasteiger partial charge in [-0.25, -0.2) is 0 Å². The highest BCUT2D eigenvalue weighted by atomic mass is 33.1. The fraction of sp³-hybridized carbons (Fsp3) is 0.500. The number of carbonyl (C=O) groups is 2. The molecule has 4 rings (SSSR count). The fourth-order valence-electron chi connectivity index (χ4n) is 6.71.